The molecule has 15 heavy (non-hydrogen) atoms. The van der Waals surface area contributed by atoms with Gasteiger partial charge in [0.25, 0.3) is 0 Å². The van der Waals surface area contributed by atoms with Gasteiger partial charge in [-0.15, -0.1) is 0 Å². The van der Waals surface area contributed by atoms with Gasteiger partial charge in [-0.3, -0.25) is 0 Å². The molecule has 2 N–H and O–H groups in total. The average Bonchev–Trinajstić information content (AvgIpc) is 2.65. The van der Waals surface area contributed by atoms with Gasteiger partial charge in [0, 0.05) is 5.02 Å². The van der Waals surface area contributed by atoms with Crippen LogP contribution in [0, 0.1) is 0 Å². The van der Waals surface area contributed by atoms with Gasteiger partial charge in [0.1, 0.15) is 10.8 Å². The molecule has 0 amide bonds. The van der Waals surface area contributed by atoms with Gasteiger partial charge in [-0.2, -0.15) is 9.36 Å². The summed E-state index contributed by atoms with van der Waals surface area (Å²) in [5.74, 6) is 0.965. The molecular weight excluding hydrogens is 234 g/mol. The summed E-state index contributed by atoms with van der Waals surface area (Å²) in [5, 5.41) is 1.33. The van der Waals surface area contributed by atoms with E-state index in [2.05, 4.69) is 9.36 Å². The molecule has 0 spiro atoms. The summed E-state index contributed by atoms with van der Waals surface area (Å²) in [7, 11) is 1.59. The standard InChI is InChI=1S/C9H8ClN3OS/c1-14-7-3-2-5(10)4-6(7)8-12-9(11)13-15-8/h2-4H,1H3,(H2,11,13). The van der Waals surface area contributed by atoms with Crippen LogP contribution in [-0.2, 0) is 0 Å². The minimum absolute atomic E-state index is 0.261. The number of nitrogens with zero attached hydrogens (tertiary/aromatic N) is 2. The lowest BCUT2D eigenvalue weighted by atomic mass is 10.2. The Labute approximate surface area is 95.8 Å². The number of hydrogen-bond acceptors (Lipinski definition) is 5. The summed E-state index contributed by atoms with van der Waals surface area (Å²) >= 11 is 7.12. The van der Waals surface area contributed by atoms with Crippen molar-refractivity contribution in [2.24, 2.45) is 0 Å². The zero-order valence-corrected chi connectivity index (χ0v) is 9.47. The second-order valence-corrected chi connectivity index (χ2v) is 3.99. The number of nitrogen functional groups attached to an aromatic ring is 1. The van der Waals surface area contributed by atoms with Crippen LogP contribution in [-0.4, -0.2) is 16.5 Å². The maximum absolute atomic E-state index is 5.90. The Hall–Kier alpha value is -1.33. The summed E-state index contributed by atoms with van der Waals surface area (Å²) < 4.78 is 9.11. The topological polar surface area (TPSA) is 61.0 Å². The summed E-state index contributed by atoms with van der Waals surface area (Å²) in [6.45, 7) is 0. The number of benzene rings is 1. The van der Waals surface area contributed by atoms with Crippen molar-refractivity contribution in [2.45, 2.75) is 0 Å². The number of nitrogens with two attached hydrogens (primary N) is 1. The molecule has 0 unspecified atom stereocenters. The number of ether oxygens (including phenoxy) is 1. The van der Waals surface area contributed by atoms with E-state index in [1.165, 1.54) is 11.5 Å². The fourth-order valence-electron chi connectivity index (χ4n) is 1.19. The zero-order chi connectivity index (χ0) is 10.8. The highest BCUT2D eigenvalue weighted by molar-refractivity contribution is 7.09. The molecule has 0 bridgehead atoms. The van der Waals surface area contributed by atoms with Crippen LogP contribution < -0.4 is 10.5 Å². The van der Waals surface area contributed by atoms with Crippen molar-refractivity contribution < 1.29 is 4.74 Å². The van der Waals surface area contributed by atoms with Crippen LogP contribution in [0.3, 0.4) is 0 Å². The number of hydrogen-bond donors (Lipinski definition) is 1. The van der Waals surface area contributed by atoms with E-state index >= 15 is 0 Å². The van der Waals surface area contributed by atoms with E-state index in [1.54, 1.807) is 25.3 Å². The van der Waals surface area contributed by atoms with Crippen molar-refractivity contribution in [3.63, 3.8) is 0 Å². The summed E-state index contributed by atoms with van der Waals surface area (Å²) in [5.41, 5.74) is 6.26. The quantitative estimate of drug-likeness (QED) is 0.877. The minimum atomic E-state index is 0.261. The van der Waals surface area contributed by atoms with Crippen molar-refractivity contribution in [3.05, 3.63) is 23.2 Å². The minimum Gasteiger partial charge on any atom is -0.496 e. The number of methoxy groups -OCH3 is 1. The Morgan fingerprint density at radius 3 is 2.87 bits per heavy atom. The van der Waals surface area contributed by atoms with Gasteiger partial charge in [0.15, 0.2) is 0 Å². The van der Waals surface area contributed by atoms with Crippen LogP contribution in [0.5, 0.6) is 5.75 Å². The van der Waals surface area contributed by atoms with Crippen LogP contribution in [0.15, 0.2) is 18.2 Å². The van der Waals surface area contributed by atoms with Crippen LogP contribution in [0.4, 0.5) is 5.95 Å². The van der Waals surface area contributed by atoms with Gasteiger partial charge in [-0.25, -0.2) is 0 Å². The molecule has 4 nitrogen and oxygen atoms in total. The monoisotopic (exact) mass is 241 g/mol. The van der Waals surface area contributed by atoms with Gasteiger partial charge in [-0.1, -0.05) is 11.6 Å². The predicted octanol–water partition coefficient (Wildman–Crippen LogP) is 2.45. The number of halogens is 1. The summed E-state index contributed by atoms with van der Waals surface area (Å²) in [6, 6.07) is 5.32. The number of rotatable bonds is 2. The Kier molecular flexibility index (Phi) is 2.75. The first-order chi connectivity index (χ1) is 7.20. The Morgan fingerprint density at radius 2 is 2.27 bits per heavy atom. The predicted molar refractivity (Wildman–Crippen MR) is 61.3 cm³/mol. The maximum Gasteiger partial charge on any atom is 0.232 e. The number of anilines is 1. The van der Waals surface area contributed by atoms with Crippen molar-refractivity contribution in [1.29, 1.82) is 0 Å². The van der Waals surface area contributed by atoms with Crippen molar-refractivity contribution in [1.82, 2.24) is 9.36 Å². The molecule has 1 heterocycles. The average molecular weight is 242 g/mol. The van der Waals surface area contributed by atoms with E-state index in [0.717, 1.165) is 5.56 Å². The lowest BCUT2D eigenvalue weighted by Crippen LogP contribution is -1.89. The zero-order valence-electron chi connectivity index (χ0n) is 7.90. The second-order valence-electron chi connectivity index (χ2n) is 2.80. The van der Waals surface area contributed by atoms with Crippen molar-refractivity contribution in [3.8, 4) is 16.3 Å². The first kappa shape index (κ1) is 10.2. The van der Waals surface area contributed by atoms with E-state index in [-0.39, 0.29) is 5.95 Å². The van der Waals surface area contributed by atoms with Crippen LogP contribution >= 0.6 is 23.1 Å². The van der Waals surface area contributed by atoms with Gasteiger partial charge in [0.05, 0.1) is 12.7 Å². The number of aromatic nitrogens is 2. The second kappa shape index (κ2) is 4.04. The SMILES string of the molecule is COc1ccc(Cl)cc1-c1nc(N)ns1. The van der Waals surface area contributed by atoms with E-state index in [0.29, 0.717) is 15.8 Å². The summed E-state index contributed by atoms with van der Waals surface area (Å²) in [6.07, 6.45) is 0. The van der Waals surface area contributed by atoms with Crippen molar-refractivity contribution >= 4 is 29.1 Å². The highest BCUT2D eigenvalue weighted by Crippen LogP contribution is 2.33. The highest BCUT2D eigenvalue weighted by atomic mass is 35.5. The van der Waals surface area contributed by atoms with Crippen LogP contribution in [0.1, 0.15) is 0 Å². The molecule has 0 aliphatic heterocycles. The lowest BCUT2D eigenvalue weighted by Gasteiger charge is -2.05. The molecule has 6 heteroatoms. The highest BCUT2D eigenvalue weighted by Gasteiger charge is 2.10. The molecule has 1 aromatic carbocycles. The molecule has 1 aromatic heterocycles. The van der Waals surface area contributed by atoms with E-state index < -0.39 is 0 Å². The van der Waals surface area contributed by atoms with Gasteiger partial charge < -0.3 is 10.5 Å². The summed E-state index contributed by atoms with van der Waals surface area (Å²) in [4.78, 5) is 4.08. The molecule has 0 saturated heterocycles. The van der Waals surface area contributed by atoms with E-state index in [1.807, 2.05) is 0 Å². The Balaban J connectivity index is 2.55. The molecule has 0 aliphatic carbocycles. The molecule has 0 fully saturated rings. The van der Waals surface area contributed by atoms with Crippen molar-refractivity contribution in [2.75, 3.05) is 12.8 Å². The first-order valence-electron chi connectivity index (χ1n) is 4.14. The Morgan fingerprint density at radius 1 is 1.47 bits per heavy atom. The van der Waals surface area contributed by atoms with E-state index in [9.17, 15) is 0 Å². The van der Waals surface area contributed by atoms with Crippen LogP contribution in [0.25, 0.3) is 10.6 Å². The fraction of sp³-hybridized carbons (Fsp3) is 0.111. The Bertz CT molecular complexity index is 486. The van der Waals surface area contributed by atoms with E-state index in [4.69, 9.17) is 22.1 Å². The smallest absolute Gasteiger partial charge is 0.232 e. The third-order valence-corrected chi connectivity index (χ3v) is 2.83. The first-order valence-corrected chi connectivity index (χ1v) is 5.29. The third kappa shape index (κ3) is 2.03. The molecule has 0 saturated carbocycles. The van der Waals surface area contributed by atoms with Crippen LogP contribution in [0.2, 0.25) is 5.02 Å². The largest absolute Gasteiger partial charge is 0.496 e. The third-order valence-electron chi connectivity index (χ3n) is 1.83. The molecule has 2 rings (SSSR count). The fourth-order valence-corrected chi connectivity index (χ4v) is 1.98. The van der Waals surface area contributed by atoms with Gasteiger partial charge in [0.2, 0.25) is 5.95 Å². The van der Waals surface area contributed by atoms with Gasteiger partial charge in [-0.05, 0) is 29.7 Å². The molecule has 2 aromatic rings. The molecular formula is C9H8ClN3OS. The maximum atomic E-state index is 5.90. The molecule has 0 atom stereocenters. The van der Waals surface area contributed by atoms with Gasteiger partial charge >= 0.3 is 0 Å². The molecule has 0 radical (unpaired) electrons. The normalized spacial score (nSPS) is 10.3. The molecule has 0 aliphatic rings. The molecule has 78 valence electrons. The lowest BCUT2D eigenvalue weighted by molar-refractivity contribution is 0.416.